The summed E-state index contributed by atoms with van der Waals surface area (Å²) < 4.78 is 0. The Morgan fingerprint density at radius 3 is 2.87 bits per heavy atom. The molecule has 2 rings (SSSR count). The topological polar surface area (TPSA) is 46.2 Å². The van der Waals surface area contributed by atoms with E-state index in [1.54, 1.807) is 0 Å². The highest BCUT2D eigenvalue weighted by molar-refractivity contribution is 7.99. The van der Waals surface area contributed by atoms with E-state index >= 15 is 0 Å². The average molecular weight is 223 g/mol. The quantitative estimate of drug-likeness (QED) is 0.757. The minimum Gasteiger partial charge on any atom is -0.398 e. The Labute approximate surface area is 94.9 Å². The second-order valence-corrected chi connectivity index (χ2v) is 5.20. The fourth-order valence-electron chi connectivity index (χ4n) is 2.05. The van der Waals surface area contributed by atoms with Crippen LogP contribution in [-0.2, 0) is 0 Å². The van der Waals surface area contributed by atoms with Gasteiger partial charge in [-0.15, -0.1) is 0 Å². The van der Waals surface area contributed by atoms with E-state index in [9.17, 15) is 5.11 Å². The Morgan fingerprint density at radius 1 is 1.40 bits per heavy atom. The van der Waals surface area contributed by atoms with Crippen LogP contribution in [0.15, 0.2) is 24.3 Å². The van der Waals surface area contributed by atoms with Crippen LogP contribution < -0.4 is 5.73 Å². The number of anilines is 1. The van der Waals surface area contributed by atoms with Gasteiger partial charge in [0.25, 0.3) is 0 Å². The van der Waals surface area contributed by atoms with Gasteiger partial charge in [-0.05, 0) is 36.3 Å². The van der Waals surface area contributed by atoms with Crippen LogP contribution in [0.25, 0.3) is 0 Å². The Balaban J connectivity index is 2.12. The van der Waals surface area contributed by atoms with Gasteiger partial charge in [-0.25, -0.2) is 0 Å². The molecule has 2 atom stereocenters. The number of rotatable bonds is 2. The Bertz CT molecular complexity index is 323. The van der Waals surface area contributed by atoms with E-state index in [1.807, 2.05) is 36.0 Å². The molecule has 0 spiro atoms. The third-order valence-corrected chi connectivity index (χ3v) is 4.20. The first kappa shape index (κ1) is 10.8. The van der Waals surface area contributed by atoms with Crippen LogP contribution in [0.3, 0.4) is 0 Å². The van der Waals surface area contributed by atoms with Crippen LogP contribution >= 0.6 is 11.8 Å². The molecule has 1 aliphatic rings. The van der Waals surface area contributed by atoms with Crippen molar-refractivity contribution in [3.8, 4) is 0 Å². The van der Waals surface area contributed by atoms with Gasteiger partial charge < -0.3 is 10.8 Å². The first-order chi connectivity index (χ1) is 7.29. The summed E-state index contributed by atoms with van der Waals surface area (Å²) in [4.78, 5) is 0. The molecule has 1 saturated heterocycles. The van der Waals surface area contributed by atoms with Gasteiger partial charge in [0.2, 0.25) is 0 Å². The normalized spacial score (nSPS) is 23.7. The zero-order valence-corrected chi connectivity index (χ0v) is 9.54. The number of para-hydroxylation sites is 1. The van der Waals surface area contributed by atoms with Gasteiger partial charge in [0.1, 0.15) is 0 Å². The summed E-state index contributed by atoms with van der Waals surface area (Å²) in [7, 11) is 0. The third-order valence-electron chi connectivity index (χ3n) is 2.96. The maximum Gasteiger partial charge on any atom is 0.0845 e. The number of nitrogens with two attached hydrogens (primary N) is 1. The van der Waals surface area contributed by atoms with Crippen LogP contribution in [0, 0.1) is 5.92 Å². The van der Waals surface area contributed by atoms with Gasteiger partial charge in [0, 0.05) is 11.3 Å². The molecule has 2 nitrogen and oxygen atoms in total. The molecular formula is C12H17NOS. The molecule has 3 N–H and O–H groups in total. The molecule has 0 aromatic heterocycles. The number of hydrogen-bond acceptors (Lipinski definition) is 3. The molecule has 0 amide bonds. The average Bonchev–Trinajstić information content (AvgIpc) is 2.30. The molecule has 3 heteroatoms. The first-order valence-corrected chi connectivity index (χ1v) is 6.54. The van der Waals surface area contributed by atoms with E-state index in [2.05, 4.69) is 0 Å². The highest BCUT2D eigenvalue weighted by Gasteiger charge is 2.24. The number of nitrogen functional groups attached to an aromatic ring is 1. The van der Waals surface area contributed by atoms with Crippen molar-refractivity contribution in [2.75, 3.05) is 17.2 Å². The first-order valence-electron chi connectivity index (χ1n) is 5.39. The molecule has 0 radical (unpaired) electrons. The zero-order valence-electron chi connectivity index (χ0n) is 8.73. The monoisotopic (exact) mass is 223 g/mol. The third kappa shape index (κ3) is 2.47. The molecule has 1 aliphatic heterocycles. The predicted molar refractivity (Wildman–Crippen MR) is 65.9 cm³/mol. The van der Waals surface area contributed by atoms with Crippen molar-refractivity contribution >= 4 is 17.4 Å². The molecule has 1 aromatic rings. The van der Waals surface area contributed by atoms with Gasteiger partial charge in [-0.3, -0.25) is 0 Å². The van der Waals surface area contributed by atoms with Crippen molar-refractivity contribution in [1.82, 2.24) is 0 Å². The van der Waals surface area contributed by atoms with Crippen molar-refractivity contribution in [3.05, 3.63) is 29.8 Å². The molecule has 1 heterocycles. The summed E-state index contributed by atoms with van der Waals surface area (Å²) in [6, 6.07) is 7.62. The lowest BCUT2D eigenvalue weighted by Gasteiger charge is -2.27. The summed E-state index contributed by atoms with van der Waals surface area (Å²) in [6.45, 7) is 0. The van der Waals surface area contributed by atoms with E-state index in [0.717, 1.165) is 17.7 Å². The van der Waals surface area contributed by atoms with Crippen LogP contribution in [0.1, 0.15) is 24.5 Å². The Kier molecular flexibility index (Phi) is 3.54. The number of thioether (sulfide) groups is 1. The Hall–Kier alpha value is -0.670. The minimum atomic E-state index is -0.390. The fraction of sp³-hybridized carbons (Fsp3) is 0.500. The number of hydrogen-bond donors (Lipinski definition) is 2. The zero-order chi connectivity index (χ0) is 10.7. The van der Waals surface area contributed by atoms with Crippen molar-refractivity contribution in [2.45, 2.75) is 18.9 Å². The molecule has 2 unspecified atom stereocenters. The van der Waals surface area contributed by atoms with Crippen LogP contribution in [-0.4, -0.2) is 16.6 Å². The SMILES string of the molecule is Nc1ccccc1C(O)C1CCCSC1. The highest BCUT2D eigenvalue weighted by Crippen LogP contribution is 2.34. The number of benzene rings is 1. The number of aliphatic hydroxyl groups excluding tert-OH is 1. The fourth-order valence-corrected chi connectivity index (χ4v) is 3.24. The summed E-state index contributed by atoms with van der Waals surface area (Å²) in [5.41, 5.74) is 7.46. The standard InChI is InChI=1S/C12H17NOS/c13-11-6-2-1-5-10(11)12(14)9-4-3-7-15-8-9/h1-2,5-6,9,12,14H,3-4,7-8,13H2. The molecule has 15 heavy (non-hydrogen) atoms. The lowest BCUT2D eigenvalue weighted by atomic mass is 9.92. The van der Waals surface area contributed by atoms with Crippen molar-refractivity contribution < 1.29 is 5.11 Å². The summed E-state index contributed by atoms with van der Waals surface area (Å²) in [5.74, 6) is 2.65. The van der Waals surface area contributed by atoms with E-state index < -0.39 is 0 Å². The van der Waals surface area contributed by atoms with Crippen LogP contribution in [0.4, 0.5) is 5.69 Å². The summed E-state index contributed by atoms with van der Waals surface area (Å²) in [6.07, 6.45) is 1.93. The molecule has 0 aliphatic carbocycles. The van der Waals surface area contributed by atoms with Gasteiger partial charge in [-0.2, -0.15) is 11.8 Å². The van der Waals surface area contributed by atoms with Gasteiger partial charge in [0.15, 0.2) is 0 Å². The predicted octanol–water partition coefficient (Wildman–Crippen LogP) is 2.45. The minimum absolute atomic E-state index is 0.369. The van der Waals surface area contributed by atoms with E-state index in [0.29, 0.717) is 11.6 Å². The molecule has 0 bridgehead atoms. The second-order valence-electron chi connectivity index (χ2n) is 4.05. The molecule has 0 saturated carbocycles. The maximum absolute atomic E-state index is 10.2. The van der Waals surface area contributed by atoms with E-state index in [-0.39, 0.29) is 6.10 Å². The van der Waals surface area contributed by atoms with Crippen LogP contribution in [0.5, 0.6) is 0 Å². The maximum atomic E-state index is 10.2. The molecule has 1 fully saturated rings. The van der Waals surface area contributed by atoms with Crippen molar-refractivity contribution in [3.63, 3.8) is 0 Å². The molecular weight excluding hydrogens is 206 g/mol. The lowest BCUT2D eigenvalue weighted by molar-refractivity contribution is 0.114. The van der Waals surface area contributed by atoms with Gasteiger partial charge in [-0.1, -0.05) is 18.2 Å². The number of aliphatic hydroxyl groups is 1. The van der Waals surface area contributed by atoms with E-state index in [4.69, 9.17) is 5.73 Å². The smallest absolute Gasteiger partial charge is 0.0845 e. The van der Waals surface area contributed by atoms with Crippen molar-refractivity contribution in [2.24, 2.45) is 5.92 Å². The van der Waals surface area contributed by atoms with E-state index in [1.165, 1.54) is 12.2 Å². The lowest BCUT2D eigenvalue weighted by Crippen LogP contribution is -2.19. The molecule has 1 aromatic carbocycles. The summed E-state index contributed by atoms with van der Waals surface area (Å²) >= 11 is 1.93. The largest absolute Gasteiger partial charge is 0.398 e. The highest BCUT2D eigenvalue weighted by atomic mass is 32.2. The van der Waals surface area contributed by atoms with Crippen molar-refractivity contribution in [1.29, 1.82) is 0 Å². The second kappa shape index (κ2) is 4.90. The Morgan fingerprint density at radius 2 is 2.20 bits per heavy atom. The molecule has 82 valence electrons. The summed E-state index contributed by atoms with van der Waals surface area (Å²) in [5, 5.41) is 10.2. The van der Waals surface area contributed by atoms with Crippen LogP contribution in [0.2, 0.25) is 0 Å². The van der Waals surface area contributed by atoms with Gasteiger partial charge in [0.05, 0.1) is 6.10 Å². The van der Waals surface area contributed by atoms with Gasteiger partial charge >= 0.3 is 0 Å².